The van der Waals surface area contributed by atoms with Crippen molar-refractivity contribution in [2.24, 2.45) is 0 Å². The summed E-state index contributed by atoms with van der Waals surface area (Å²) in [5.41, 5.74) is 3.40. The number of benzene rings is 2. The zero-order valence-corrected chi connectivity index (χ0v) is 17.5. The van der Waals surface area contributed by atoms with E-state index in [1.54, 1.807) is 11.3 Å². The summed E-state index contributed by atoms with van der Waals surface area (Å²) in [6, 6.07) is 22.7. The Morgan fingerprint density at radius 3 is 2.60 bits per heavy atom. The fraction of sp³-hybridized carbons (Fsp3) is 0.240. The first-order chi connectivity index (χ1) is 14.8. The molecule has 2 aromatic heterocycles. The first-order valence-corrected chi connectivity index (χ1v) is 11.4. The maximum atomic E-state index is 13.0. The number of fused-ring (bicyclic) bond motifs is 1. The molecule has 0 unspecified atom stereocenters. The molecule has 4 nitrogen and oxygen atoms in total. The van der Waals surface area contributed by atoms with Gasteiger partial charge in [-0.05, 0) is 41.5 Å². The van der Waals surface area contributed by atoms with Gasteiger partial charge in [-0.25, -0.2) is 0 Å². The lowest BCUT2D eigenvalue weighted by atomic mass is 9.95. The van der Waals surface area contributed by atoms with Crippen LogP contribution < -0.4 is 10.6 Å². The monoisotopic (exact) mass is 415 g/mol. The number of aromatic amines is 1. The Morgan fingerprint density at radius 1 is 1.03 bits per heavy atom. The van der Waals surface area contributed by atoms with Crippen molar-refractivity contribution >= 4 is 28.1 Å². The number of carbonyl (C=O) groups is 1. The highest BCUT2D eigenvalue weighted by atomic mass is 32.1. The highest BCUT2D eigenvalue weighted by Gasteiger charge is 2.29. The minimum Gasteiger partial charge on any atom is -0.361 e. The molecule has 2 atom stereocenters. The molecule has 1 fully saturated rings. The van der Waals surface area contributed by atoms with Crippen molar-refractivity contribution < 1.29 is 4.79 Å². The molecule has 1 aliphatic rings. The van der Waals surface area contributed by atoms with Crippen LogP contribution in [0.5, 0.6) is 0 Å². The van der Waals surface area contributed by atoms with Crippen LogP contribution >= 0.6 is 11.3 Å². The van der Waals surface area contributed by atoms with Gasteiger partial charge in [-0.3, -0.25) is 4.79 Å². The predicted octanol–water partition coefficient (Wildman–Crippen LogP) is 4.97. The molecule has 0 aliphatic heterocycles. The molecule has 1 saturated carbocycles. The Bertz CT molecular complexity index is 1120. The molecule has 2 aromatic carbocycles. The summed E-state index contributed by atoms with van der Waals surface area (Å²) in [6.45, 7) is 0.681. The van der Waals surface area contributed by atoms with Crippen LogP contribution in [0, 0.1) is 0 Å². The first kappa shape index (κ1) is 19.1. The molecule has 3 N–H and O–H groups in total. The van der Waals surface area contributed by atoms with Crippen molar-refractivity contribution in [2.45, 2.75) is 30.8 Å². The minimum absolute atomic E-state index is 0.0626. The molecule has 152 valence electrons. The number of hydrogen-bond acceptors (Lipinski definition) is 3. The molecule has 0 spiro atoms. The van der Waals surface area contributed by atoms with E-state index in [2.05, 4.69) is 63.6 Å². The quantitative estimate of drug-likeness (QED) is 0.380. The largest absolute Gasteiger partial charge is 0.361 e. The molecule has 4 aromatic rings. The number of para-hydroxylation sites is 1. The molecule has 0 saturated heterocycles. The van der Waals surface area contributed by atoms with Gasteiger partial charge in [0.1, 0.15) is 6.04 Å². The van der Waals surface area contributed by atoms with Crippen LogP contribution in [0.1, 0.15) is 40.8 Å². The van der Waals surface area contributed by atoms with Gasteiger partial charge in [0, 0.05) is 40.5 Å². The Morgan fingerprint density at radius 2 is 1.83 bits per heavy atom. The minimum atomic E-state index is -0.362. The average Bonchev–Trinajstić information content (AvgIpc) is 3.26. The van der Waals surface area contributed by atoms with Crippen molar-refractivity contribution in [3.8, 4) is 0 Å². The summed E-state index contributed by atoms with van der Waals surface area (Å²) in [7, 11) is 0. The van der Waals surface area contributed by atoms with Crippen LogP contribution in [0.4, 0.5) is 0 Å². The third-order valence-electron chi connectivity index (χ3n) is 5.73. The van der Waals surface area contributed by atoms with Crippen LogP contribution in [0.2, 0.25) is 0 Å². The van der Waals surface area contributed by atoms with Gasteiger partial charge in [0.05, 0.1) is 0 Å². The molecule has 30 heavy (non-hydrogen) atoms. The molecule has 5 rings (SSSR count). The van der Waals surface area contributed by atoms with E-state index in [4.69, 9.17) is 0 Å². The van der Waals surface area contributed by atoms with Crippen LogP contribution in [0.25, 0.3) is 10.9 Å². The third kappa shape index (κ3) is 4.04. The van der Waals surface area contributed by atoms with E-state index in [1.165, 1.54) is 15.8 Å². The van der Waals surface area contributed by atoms with E-state index in [9.17, 15) is 4.79 Å². The van der Waals surface area contributed by atoms with Crippen molar-refractivity contribution in [1.82, 2.24) is 15.6 Å². The second kappa shape index (κ2) is 8.46. The van der Waals surface area contributed by atoms with Gasteiger partial charge in [-0.2, -0.15) is 0 Å². The molecule has 0 radical (unpaired) electrons. The van der Waals surface area contributed by atoms with E-state index in [-0.39, 0.29) is 17.9 Å². The van der Waals surface area contributed by atoms with Crippen molar-refractivity contribution in [1.29, 1.82) is 0 Å². The number of hydrogen-bond donors (Lipinski definition) is 3. The van der Waals surface area contributed by atoms with Gasteiger partial charge in [0.15, 0.2) is 0 Å². The number of nitrogens with one attached hydrogen (secondary N) is 3. The topological polar surface area (TPSA) is 56.9 Å². The first-order valence-electron chi connectivity index (χ1n) is 10.5. The van der Waals surface area contributed by atoms with Crippen molar-refractivity contribution in [3.05, 3.63) is 94.3 Å². The number of thiophene rings is 1. The fourth-order valence-electron chi connectivity index (χ4n) is 3.99. The van der Waals surface area contributed by atoms with Gasteiger partial charge < -0.3 is 15.6 Å². The number of carbonyl (C=O) groups excluding carboxylic acids is 1. The van der Waals surface area contributed by atoms with E-state index < -0.39 is 0 Å². The van der Waals surface area contributed by atoms with Gasteiger partial charge in [0.2, 0.25) is 5.91 Å². The summed E-state index contributed by atoms with van der Waals surface area (Å²) < 4.78 is 0. The third-order valence-corrected chi connectivity index (χ3v) is 6.71. The highest BCUT2D eigenvalue weighted by Crippen LogP contribution is 2.33. The van der Waals surface area contributed by atoms with Gasteiger partial charge in [-0.1, -0.05) is 54.6 Å². The Hall–Kier alpha value is -2.89. The SMILES string of the molecule is O=C(NC1CC1)[C@H](NC[C@@H](c1cccs1)c1c[nH]c2ccccc12)c1ccccc1. The maximum absolute atomic E-state index is 13.0. The lowest BCUT2D eigenvalue weighted by molar-refractivity contribution is -0.123. The number of H-pyrrole nitrogens is 1. The molecule has 1 amide bonds. The van der Waals surface area contributed by atoms with Crippen molar-refractivity contribution in [2.75, 3.05) is 6.54 Å². The second-order valence-corrected chi connectivity index (χ2v) is 8.87. The van der Waals surface area contributed by atoms with E-state index in [0.29, 0.717) is 12.6 Å². The molecular weight excluding hydrogens is 390 g/mol. The smallest absolute Gasteiger partial charge is 0.241 e. The second-order valence-electron chi connectivity index (χ2n) is 7.89. The van der Waals surface area contributed by atoms with Crippen molar-refractivity contribution in [3.63, 3.8) is 0 Å². The number of rotatable bonds is 8. The lowest BCUT2D eigenvalue weighted by Crippen LogP contribution is -2.40. The highest BCUT2D eigenvalue weighted by molar-refractivity contribution is 7.10. The van der Waals surface area contributed by atoms with E-state index >= 15 is 0 Å². The summed E-state index contributed by atoms with van der Waals surface area (Å²) in [4.78, 5) is 17.7. The average molecular weight is 416 g/mol. The van der Waals surface area contributed by atoms with Gasteiger partial charge in [0.25, 0.3) is 0 Å². The molecular formula is C25H25N3OS. The fourth-order valence-corrected chi connectivity index (χ4v) is 4.84. The molecule has 0 bridgehead atoms. The Kier molecular flexibility index (Phi) is 5.39. The van der Waals surface area contributed by atoms with Crippen LogP contribution in [-0.2, 0) is 4.79 Å². The summed E-state index contributed by atoms with van der Waals surface area (Å²) in [5.74, 6) is 0.230. The molecule has 5 heteroatoms. The van der Waals surface area contributed by atoms with Gasteiger partial charge in [-0.15, -0.1) is 11.3 Å². The molecule has 2 heterocycles. The zero-order valence-electron chi connectivity index (χ0n) is 16.7. The predicted molar refractivity (Wildman–Crippen MR) is 123 cm³/mol. The Labute approximate surface area is 180 Å². The standard InChI is InChI=1S/C25H25N3OS/c29-25(28-18-12-13-18)24(17-7-2-1-3-8-17)27-16-21(23-11-6-14-30-23)20-15-26-22-10-5-4-9-19(20)22/h1-11,14-15,18,21,24,26-27H,12-13,16H2,(H,28,29)/t21-,24-/m1/s1. The van der Waals surface area contributed by atoms with Crippen LogP contribution in [0.15, 0.2) is 78.3 Å². The normalized spacial score (nSPS) is 15.7. The van der Waals surface area contributed by atoms with Crippen LogP contribution in [-0.4, -0.2) is 23.5 Å². The van der Waals surface area contributed by atoms with E-state index in [1.807, 2.05) is 30.3 Å². The van der Waals surface area contributed by atoms with Gasteiger partial charge >= 0.3 is 0 Å². The number of aromatic nitrogens is 1. The maximum Gasteiger partial charge on any atom is 0.241 e. The molecule has 1 aliphatic carbocycles. The van der Waals surface area contributed by atoms with E-state index in [0.717, 1.165) is 23.9 Å². The summed E-state index contributed by atoms with van der Waals surface area (Å²) in [6.07, 6.45) is 4.28. The lowest BCUT2D eigenvalue weighted by Gasteiger charge is -2.23. The summed E-state index contributed by atoms with van der Waals surface area (Å²) in [5, 5.41) is 10.1. The Balaban J connectivity index is 1.44. The van der Waals surface area contributed by atoms with Crippen LogP contribution in [0.3, 0.4) is 0 Å². The zero-order chi connectivity index (χ0) is 20.3. The number of amides is 1. The summed E-state index contributed by atoms with van der Waals surface area (Å²) >= 11 is 1.76.